The van der Waals surface area contributed by atoms with Gasteiger partial charge in [0.2, 0.25) is 11.8 Å². The molecular weight excluding hydrogens is 304 g/mol. The van der Waals surface area contributed by atoms with Crippen LogP contribution in [0.5, 0.6) is 0 Å². The Hall–Kier alpha value is -1.83. The molecule has 0 saturated carbocycles. The Balaban J connectivity index is 1.53. The van der Waals surface area contributed by atoms with E-state index < -0.39 is 0 Å². The van der Waals surface area contributed by atoms with Gasteiger partial charge in [-0.25, -0.2) is 0 Å². The molecule has 2 N–H and O–H groups in total. The van der Waals surface area contributed by atoms with E-state index in [-0.39, 0.29) is 5.41 Å². The molecule has 7 nitrogen and oxygen atoms in total. The van der Waals surface area contributed by atoms with Crippen molar-refractivity contribution in [2.75, 3.05) is 13.6 Å². The molecule has 1 aliphatic heterocycles. The highest BCUT2D eigenvalue weighted by Gasteiger charge is 2.32. The zero-order valence-corrected chi connectivity index (χ0v) is 14.8. The van der Waals surface area contributed by atoms with E-state index >= 15 is 0 Å². The lowest BCUT2D eigenvalue weighted by Gasteiger charge is -2.26. The van der Waals surface area contributed by atoms with Crippen molar-refractivity contribution < 1.29 is 4.42 Å². The van der Waals surface area contributed by atoms with Crippen molar-refractivity contribution in [1.29, 1.82) is 0 Å². The molecule has 0 radical (unpaired) electrons. The second-order valence-corrected chi connectivity index (χ2v) is 7.58. The van der Waals surface area contributed by atoms with Crippen LogP contribution < -0.4 is 10.9 Å². The molecule has 0 aliphatic carbocycles. The van der Waals surface area contributed by atoms with Gasteiger partial charge in [-0.3, -0.25) is 20.7 Å². The van der Waals surface area contributed by atoms with Gasteiger partial charge in [-0.2, -0.15) is 0 Å². The first kappa shape index (κ1) is 17.0. The van der Waals surface area contributed by atoms with Gasteiger partial charge in [0, 0.05) is 31.0 Å². The molecule has 0 bridgehead atoms. The maximum absolute atomic E-state index is 5.74. The summed E-state index contributed by atoms with van der Waals surface area (Å²) in [7, 11) is 2.07. The first-order chi connectivity index (χ1) is 11.4. The quantitative estimate of drug-likeness (QED) is 0.866. The monoisotopic (exact) mass is 330 g/mol. The van der Waals surface area contributed by atoms with Crippen LogP contribution >= 0.6 is 0 Å². The van der Waals surface area contributed by atoms with Crippen LogP contribution in [-0.2, 0) is 6.54 Å². The molecule has 0 spiro atoms. The Labute approximate surface area is 142 Å². The Morgan fingerprint density at radius 2 is 2.12 bits per heavy atom. The fourth-order valence-corrected chi connectivity index (χ4v) is 2.91. The van der Waals surface area contributed by atoms with Gasteiger partial charge in [-0.05, 0) is 31.0 Å². The third-order valence-electron chi connectivity index (χ3n) is 4.34. The van der Waals surface area contributed by atoms with Crippen LogP contribution in [0, 0.1) is 5.41 Å². The third kappa shape index (κ3) is 4.17. The topological polar surface area (TPSA) is 79.1 Å². The molecule has 24 heavy (non-hydrogen) atoms. The predicted molar refractivity (Wildman–Crippen MR) is 91.8 cm³/mol. The lowest BCUT2D eigenvalue weighted by molar-refractivity contribution is 0.259. The number of hydrogen-bond donors (Lipinski definition) is 2. The SMILES string of the molecule is CN(Cc1nnc(-c2cccnc2)o1)CC1CC(C(C)(C)C)NN1. The summed E-state index contributed by atoms with van der Waals surface area (Å²) in [5, 5.41) is 8.24. The smallest absolute Gasteiger partial charge is 0.249 e. The molecule has 2 aromatic heterocycles. The summed E-state index contributed by atoms with van der Waals surface area (Å²) in [6, 6.07) is 4.67. The number of likely N-dealkylation sites (N-methyl/N-ethyl adjacent to an activating group) is 1. The average molecular weight is 330 g/mol. The molecule has 7 heteroatoms. The normalized spacial score (nSPS) is 21.5. The van der Waals surface area contributed by atoms with Gasteiger partial charge in [0.15, 0.2) is 0 Å². The number of hydrogen-bond acceptors (Lipinski definition) is 7. The van der Waals surface area contributed by atoms with Crippen molar-refractivity contribution in [3.8, 4) is 11.5 Å². The minimum atomic E-state index is 0.255. The standard InChI is InChI=1S/C17H26N6O/c1-17(2,3)14-8-13(19-20-14)10-23(4)11-15-21-22-16(24-15)12-6-5-7-18-9-12/h5-7,9,13-14,19-20H,8,10-11H2,1-4H3. The van der Waals surface area contributed by atoms with Crippen LogP contribution in [0.1, 0.15) is 33.1 Å². The summed E-state index contributed by atoms with van der Waals surface area (Å²) in [6.07, 6.45) is 4.56. The molecule has 0 amide bonds. The Kier molecular flexibility index (Phi) is 4.93. The minimum Gasteiger partial charge on any atom is -0.419 e. The molecule has 3 heterocycles. The highest BCUT2D eigenvalue weighted by molar-refractivity contribution is 5.49. The fraction of sp³-hybridized carbons (Fsp3) is 0.588. The molecule has 0 aromatic carbocycles. The summed E-state index contributed by atoms with van der Waals surface area (Å²) >= 11 is 0. The number of rotatable bonds is 5. The lowest BCUT2D eigenvalue weighted by Crippen LogP contribution is -2.41. The zero-order chi connectivity index (χ0) is 17.2. The van der Waals surface area contributed by atoms with Crippen molar-refractivity contribution >= 4 is 0 Å². The van der Waals surface area contributed by atoms with Gasteiger partial charge < -0.3 is 4.42 Å². The van der Waals surface area contributed by atoms with Crippen molar-refractivity contribution in [3.63, 3.8) is 0 Å². The van der Waals surface area contributed by atoms with E-state index in [0.717, 1.165) is 18.5 Å². The second-order valence-electron chi connectivity index (χ2n) is 7.58. The summed E-state index contributed by atoms with van der Waals surface area (Å²) < 4.78 is 5.74. The molecule has 2 atom stereocenters. The molecule has 1 saturated heterocycles. The fourth-order valence-electron chi connectivity index (χ4n) is 2.91. The van der Waals surface area contributed by atoms with Crippen LogP contribution in [0.2, 0.25) is 0 Å². The first-order valence-electron chi connectivity index (χ1n) is 8.34. The maximum atomic E-state index is 5.74. The van der Waals surface area contributed by atoms with E-state index in [1.54, 1.807) is 12.4 Å². The van der Waals surface area contributed by atoms with Crippen LogP contribution in [-0.4, -0.2) is 45.8 Å². The molecule has 130 valence electrons. The Morgan fingerprint density at radius 1 is 1.29 bits per heavy atom. The largest absolute Gasteiger partial charge is 0.419 e. The van der Waals surface area contributed by atoms with Gasteiger partial charge in [0.05, 0.1) is 12.1 Å². The lowest BCUT2D eigenvalue weighted by atomic mass is 9.84. The molecule has 3 rings (SSSR count). The number of hydrazine groups is 1. The zero-order valence-electron chi connectivity index (χ0n) is 14.8. The maximum Gasteiger partial charge on any atom is 0.249 e. The Bertz CT molecular complexity index is 651. The summed E-state index contributed by atoms with van der Waals surface area (Å²) in [5.74, 6) is 1.13. The second kappa shape index (κ2) is 6.96. The number of nitrogens with one attached hydrogen (secondary N) is 2. The number of aromatic nitrogens is 3. The van der Waals surface area contributed by atoms with Gasteiger partial charge in [0.1, 0.15) is 0 Å². The van der Waals surface area contributed by atoms with Crippen molar-refractivity contribution in [2.45, 2.75) is 45.8 Å². The predicted octanol–water partition coefficient (Wildman–Crippen LogP) is 1.84. The highest BCUT2D eigenvalue weighted by Crippen LogP contribution is 2.25. The van der Waals surface area contributed by atoms with Crippen LogP contribution in [0.3, 0.4) is 0 Å². The van der Waals surface area contributed by atoms with E-state index in [1.807, 2.05) is 12.1 Å². The van der Waals surface area contributed by atoms with Crippen molar-refractivity contribution in [3.05, 3.63) is 30.4 Å². The van der Waals surface area contributed by atoms with Crippen LogP contribution in [0.25, 0.3) is 11.5 Å². The Morgan fingerprint density at radius 3 is 2.79 bits per heavy atom. The van der Waals surface area contributed by atoms with Crippen molar-refractivity contribution in [2.24, 2.45) is 5.41 Å². The van der Waals surface area contributed by atoms with Crippen LogP contribution in [0.4, 0.5) is 0 Å². The average Bonchev–Trinajstić information content (AvgIpc) is 3.17. The van der Waals surface area contributed by atoms with E-state index in [2.05, 4.69) is 58.8 Å². The molecule has 2 unspecified atom stereocenters. The van der Waals surface area contributed by atoms with Crippen LogP contribution in [0.15, 0.2) is 28.9 Å². The number of pyridine rings is 1. The summed E-state index contributed by atoms with van der Waals surface area (Å²) in [6.45, 7) is 8.33. The minimum absolute atomic E-state index is 0.255. The van der Waals surface area contributed by atoms with E-state index in [4.69, 9.17) is 4.42 Å². The van der Waals surface area contributed by atoms with Gasteiger partial charge in [0.25, 0.3) is 0 Å². The number of nitrogens with zero attached hydrogens (tertiary/aromatic N) is 4. The summed E-state index contributed by atoms with van der Waals surface area (Å²) in [4.78, 5) is 6.27. The first-order valence-corrected chi connectivity index (χ1v) is 8.34. The van der Waals surface area contributed by atoms with E-state index in [1.165, 1.54) is 0 Å². The third-order valence-corrected chi connectivity index (χ3v) is 4.34. The van der Waals surface area contributed by atoms with E-state index in [0.29, 0.717) is 30.4 Å². The van der Waals surface area contributed by atoms with Gasteiger partial charge in [-0.15, -0.1) is 10.2 Å². The van der Waals surface area contributed by atoms with Gasteiger partial charge in [-0.1, -0.05) is 20.8 Å². The molecular formula is C17H26N6O. The van der Waals surface area contributed by atoms with Crippen molar-refractivity contribution in [1.82, 2.24) is 30.9 Å². The molecule has 2 aromatic rings. The van der Waals surface area contributed by atoms with E-state index in [9.17, 15) is 0 Å². The highest BCUT2D eigenvalue weighted by atomic mass is 16.4. The van der Waals surface area contributed by atoms with Gasteiger partial charge >= 0.3 is 0 Å². The molecule has 1 fully saturated rings. The summed E-state index contributed by atoms with van der Waals surface area (Å²) in [5.41, 5.74) is 7.90. The molecule has 1 aliphatic rings.